The SMILES string of the molecule is CC(C)(C)ON(C=O)C[C@H]1CCN(Cc2cccc(Cl)c2Cl)C1. The molecule has 1 aliphatic heterocycles. The maximum Gasteiger partial charge on any atom is 0.233 e. The summed E-state index contributed by atoms with van der Waals surface area (Å²) >= 11 is 12.3. The van der Waals surface area contributed by atoms with E-state index in [-0.39, 0.29) is 5.60 Å². The highest BCUT2D eigenvalue weighted by atomic mass is 35.5. The highest BCUT2D eigenvalue weighted by Gasteiger charge is 2.26. The Morgan fingerprint density at radius 2 is 2.13 bits per heavy atom. The number of amides is 1. The summed E-state index contributed by atoms with van der Waals surface area (Å²) in [6, 6.07) is 5.72. The van der Waals surface area contributed by atoms with Gasteiger partial charge in [0.05, 0.1) is 22.2 Å². The molecule has 1 aromatic carbocycles. The van der Waals surface area contributed by atoms with Gasteiger partial charge in [0, 0.05) is 13.1 Å². The fourth-order valence-corrected chi connectivity index (χ4v) is 3.20. The lowest BCUT2D eigenvalue weighted by Gasteiger charge is -2.28. The second-order valence-corrected chi connectivity index (χ2v) is 7.80. The number of likely N-dealkylation sites (tertiary alicyclic amines) is 1. The average Bonchev–Trinajstić information content (AvgIpc) is 2.89. The number of benzene rings is 1. The molecule has 1 fully saturated rings. The molecule has 0 aromatic heterocycles. The van der Waals surface area contributed by atoms with Gasteiger partial charge in [0.2, 0.25) is 6.41 Å². The molecule has 1 heterocycles. The largest absolute Gasteiger partial charge is 0.299 e. The van der Waals surface area contributed by atoms with Crippen LogP contribution in [0.25, 0.3) is 0 Å². The van der Waals surface area contributed by atoms with E-state index in [4.69, 9.17) is 28.0 Å². The first kappa shape index (κ1) is 18.5. The summed E-state index contributed by atoms with van der Waals surface area (Å²) in [5.74, 6) is 0.403. The van der Waals surface area contributed by atoms with E-state index in [1.165, 1.54) is 5.06 Å². The van der Waals surface area contributed by atoms with Gasteiger partial charge in [-0.1, -0.05) is 35.3 Å². The summed E-state index contributed by atoms with van der Waals surface area (Å²) in [5.41, 5.74) is 0.672. The quantitative estimate of drug-likeness (QED) is 0.569. The van der Waals surface area contributed by atoms with Gasteiger partial charge in [-0.3, -0.25) is 14.5 Å². The highest BCUT2D eigenvalue weighted by Crippen LogP contribution is 2.28. The minimum absolute atomic E-state index is 0.368. The molecule has 0 unspecified atom stereocenters. The number of carbonyl (C=O) groups excluding carboxylic acids is 1. The van der Waals surface area contributed by atoms with Crippen molar-refractivity contribution in [3.63, 3.8) is 0 Å². The van der Waals surface area contributed by atoms with Crippen molar-refractivity contribution >= 4 is 29.6 Å². The van der Waals surface area contributed by atoms with E-state index in [0.717, 1.165) is 38.0 Å². The molecule has 2 rings (SSSR count). The lowest BCUT2D eigenvalue weighted by Crippen LogP contribution is -2.37. The fourth-order valence-electron chi connectivity index (χ4n) is 2.83. The van der Waals surface area contributed by atoms with Gasteiger partial charge in [0.25, 0.3) is 0 Å². The maximum atomic E-state index is 11.2. The zero-order chi connectivity index (χ0) is 17.0. The molecule has 128 valence electrons. The zero-order valence-electron chi connectivity index (χ0n) is 13.9. The second-order valence-electron chi connectivity index (χ2n) is 7.01. The van der Waals surface area contributed by atoms with Crippen LogP contribution in [0.4, 0.5) is 0 Å². The average molecular weight is 359 g/mol. The lowest BCUT2D eigenvalue weighted by molar-refractivity contribution is -0.219. The molecule has 0 aliphatic carbocycles. The number of carbonyl (C=O) groups is 1. The molecule has 0 saturated carbocycles. The monoisotopic (exact) mass is 358 g/mol. The number of hydrogen-bond acceptors (Lipinski definition) is 3. The lowest BCUT2D eigenvalue weighted by atomic mass is 10.1. The Hall–Kier alpha value is -0.810. The summed E-state index contributed by atoms with van der Waals surface area (Å²) in [5, 5.41) is 2.63. The maximum absolute atomic E-state index is 11.2. The van der Waals surface area contributed by atoms with Gasteiger partial charge in [-0.2, -0.15) is 0 Å². The molecule has 1 aromatic rings. The van der Waals surface area contributed by atoms with Crippen molar-refractivity contribution in [3.8, 4) is 0 Å². The van der Waals surface area contributed by atoms with Crippen molar-refractivity contribution in [1.82, 2.24) is 9.96 Å². The molecule has 23 heavy (non-hydrogen) atoms. The minimum Gasteiger partial charge on any atom is -0.299 e. The van der Waals surface area contributed by atoms with E-state index in [1.807, 2.05) is 32.9 Å². The number of rotatable bonds is 6. The van der Waals surface area contributed by atoms with Crippen molar-refractivity contribution in [2.24, 2.45) is 5.92 Å². The van der Waals surface area contributed by atoms with Crippen molar-refractivity contribution in [2.75, 3.05) is 19.6 Å². The van der Waals surface area contributed by atoms with E-state index >= 15 is 0 Å². The van der Waals surface area contributed by atoms with Crippen LogP contribution in [-0.2, 0) is 16.2 Å². The predicted octanol–water partition coefficient (Wildman–Crippen LogP) is 4.00. The van der Waals surface area contributed by atoms with Crippen LogP contribution < -0.4 is 0 Å². The third-order valence-electron chi connectivity index (χ3n) is 3.74. The number of nitrogens with zero attached hydrogens (tertiary/aromatic N) is 2. The van der Waals surface area contributed by atoms with E-state index in [0.29, 0.717) is 22.5 Å². The summed E-state index contributed by atoms with van der Waals surface area (Å²) in [6.45, 7) is 9.09. The van der Waals surface area contributed by atoms with Gasteiger partial charge < -0.3 is 0 Å². The van der Waals surface area contributed by atoms with Gasteiger partial charge in [0.1, 0.15) is 0 Å². The van der Waals surface area contributed by atoms with Crippen LogP contribution in [0.5, 0.6) is 0 Å². The van der Waals surface area contributed by atoms with E-state index < -0.39 is 0 Å². The van der Waals surface area contributed by atoms with Crippen molar-refractivity contribution in [3.05, 3.63) is 33.8 Å². The van der Waals surface area contributed by atoms with Crippen LogP contribution >= 0.6 is 23.2 Å². The van der Waals surface area contributed by atoms with Gasteiger partial charge in [-0.15, -0.1) is 0 Å². The zero-order valence-corrected chi connectivity index (χ0v) is 15.4. The second kappa shape index (κ2) is 7.84. The normalized spacial score (nSPS) is 19.1. The Bertz CT molecular complexity index is 546. The molecule has 1 aliphatic rings. The van der Waals surface area contributed by atoms with Crippen molar-refractivity contribution in [1.29, 1.82) is 0 Å². The smallest absolute Gasteiger partial charge is 0.233 e. The first-order valence-corrected chi connectivity index (χ1v) is 8.60. The predicted molar refractivity (Wildman–Crippen MR) is 93.5 cm³/mol. The third-order valence-corrected chi connectivity index (χ3v) is 4.60. The molecule has 1 saturated heterocycles. The Balaban J connectivity index is 1.88. The van der Waals surface area contributed by atoms with Gasteiger partial charge in [-0.05, 0) is 51.3 Å². The molecule has 0 radical (unpaired) electrons. The molecule has 0 N–H and O–H groups in total. The molecule has 1 amide bonds. The molecule has 0 bridgehead atoms. The molecule has 4 nitrogen and oxygen atoms in total. The first-order valence-electron chi connectivity index (χ1n) is 7.85. The number of hydrogen-bond donors (Lipinski definition) is 0. The summed E-state index contributed by atoms with van der Waals surface area (Å²) in [7, 11) is 0. The Morgan fingerprint density at radius 3 is 2.78 bits per heavy atom. The number of hydroxylamine groups is 2. The van der Waals surface area contributed by atoms with Crippen LogP contribution in [0.3, 0.4) is 0 Å². The van der Waals surface area contributed by atoms with E-state index in [2.05, 4.69) is 4.90 Å². The molecular formula is C17H24Cl2N2O2. The van der Waals surface area contributed by atoms with Gasteiger partial charge >= 0.3 is 0 Å². The van der Waals surface area contributed by atoms with Gasteiger partial charge in [0.15, 0.2) is 0 Å². The molecule has 1 atom stereocenters. The van der Waals surface area contributed by atoms with E-state index in [1.54, 1.807) is 6.07 Å². The van der Waals surface area contributed by atoms with Gasteiger partial charge in [-0.25, -0.2) is 5.06 Å². The topological polar surface area (TPSA) is 32.8 Å². The first-order chi connectivity index (χ1) is 10.8. The van der Waals surface area contributed by atoms with Crippen LogP contribution in [0, 0.1) is 5.92 Å². The van der Waals surface area contributed by atoms with Crippen molar-refractivity contribution in [2.45, 2.75) is 39.3 Å². The molecular weight excluding hydrogens is 335 g/mol. The van der Waals surface area contributed by atoms with Crippen LogP contribution in [0.2, 0.25) is 10.0 Å². The molecule has 0 spiro atoms. The number of halogens is 2. The standard InChI is InChI=1S/C17H24Cl2N2O2/c1-17(2,3)23-21(12-22)10-13-7-8-20(9-13)11-14-5-4-6-15(18)16(14)19/h4-6,12-13H,7-11H2,1-3H3/t13-/m0/s1. The van der Waals surface area contributed by atoms with Crippen LogP contribution in [0.1, 0.15) is 32.8 Å². The Morgan fingerprint density at radius 1 is 1.39 bits per heavy atom. The summed E-state index contributed by atoms with van der Waals surface area (Å²) in [6.07, 6.45) is 1.80. The molecule has 6 heteroatoms. The highest BCUT2D eigenvalue weighted by molar-refractivity contribution is 6.42. The van der Waals surface area contributed by atoms with Crippen LogP contribution in [0.15, 0.2) is 18.2 Å². The van der Waals surface area contributed by atoms with E-state index in [9.17, 15) is 4.79 Å². The van der Waals surface area contributed by atoms with Crippen LogP contribution in [-0.4, -0.2) is 41.6 Å². The third kappa shape index (κ3) is 5.64. The summed E-state index contributed by atoms with van der Waals surface area (Å²) < 4.78 is 0. The Labute approximate surface area is 148 Å². The Kier molecular flexibility index (Phi) is 6.32. The summed E-state index contributed by atoms with van der Waals surface area (Å²) in [4.78, 5) is 19.2. The fraction of sp³-hybridized carbons (Fsp3) is 0.588. The van der Waals surface area contributed by atoms with Crippen molar-refractivity contribution < 1.29 is 9.63 Å². The minimum atomic E-state index is -0.368.